The van der Waals surface area contributed by atoms with E-state index in [9.17, 15) is 9.90 Å². The lowest BCUT2D eigenvalue weighted by molar-refractivity contribution is 0.239. The third-order valence-corrected chi connectivity index (χ3v) is 4.19. The standard InChI is InChI=1S/C20H22N4O3/c1-27-18-4-2-3-15(11-18)19(9-10-25)24-20(26)23-17-7-5-14(6-8-17)16-12-21-22-13-16/h2-8,11-13,19,25H,9-10H2,1H3,(H,21,22)(H2,23,24,26). The molecule has 1 unspecified atom stereocenters. The topological polar surface area (TPSA) is 99.3 Å². The van der Waals surface area contributed by atoms with Crippen LogP contribution in [0.4, 0.5) is 10.5 Å². The van der Waals surface area contributed by atoms with Gasteiger partial charge in [-0.05, 0) is 41.8 Å². The van der Waals surface area contributed by atoms with Gasteiger partial charge in [-0.1, -0.05) is 24.3 Å². The number of aliphatic hydroxyl groups excluding tert-OH is 1. The number of ether oxygens (including phenoxy) is 1. The lowest BCUT2D eigenvalue weighted by Gasteiger charge is -2.19. The zero-order chi connectivity index (χ0) is 19.1. The monoisotopic (exact) mass is 366 g/mol. The van der Waals surface area contributed by atoms with E-state index in [2.05, 4.69) is 20.8 Å². The highest BCUT2D eigenvalue weighted by Gasteiger charge is 2.15. The number of rotatable bonds is 7. The minimum absolute atomic E-state index is 0.0401. The van der Waals surface area contributed by atoms with Crippen molar-refractivity contribution < 1.29 is 14.6 Å². The first-order valence-corrected chi connectivity index (χ1v) is 8.61. The van der Waals surface area contributed by atoms with Gasteiger partial charge in [0.2, 0.25) is 0 Å². The molecular weight excluding hydrogens is 344 g/mol. The number of carbonyl (C=O) groups excluding carboxylic acids is 1. The predicted molar refractivity (Wildman–Crippen MR) is 104 cm³/mol. The Balaban J connectivity index is 1.65. The smallest absolute Gasteiger partial charge is 0.319 e. The summed E-state index contributed by atoms with van der Waals surface area (Å²) < 4.78 is 5.23. The van der Waals surface area contributed by atoms with Crippen LogP contribution in [0, 0.1) is 0 Å². The molecule has 4 N–H and O–H groups in total. The second kappa shape index (κ2) is 8.86. The number of nitrogens with zero attached hydrogens (tertiary/aromatic N) is 1. The fourth-order valence-corrected chi connectivity index (χ4v) is 2.79. The van der Waals surface area contributed by atoms with E-state index < -0.39 is 0 Å². The Morgan fingerprint density at radius 2 is 2.04 bits per heavy atom. The van der Waals surface area contributed by atoms with Crippen molar-refractivity contribution in [2.75, 3.05) is 19.0 Å². The Morgan fingerprint density at radius 3 is 2.70 bits per heavy atom. The molecule has 27 heavy (non-hydrogen) atoms. The van der Waals surface area contributed by atoms with E-state index in [1.165, 1.54) is 0 Å². The number of hydrogen-bond acceptors (Lipinski definition) is 4. The van der Waals surface area contributed by atoms with Gasteiger partial charge in [0.15, 0.2) is 0 Å². The van der Waals surface area contributed by atoms with Gasteiger partial charge < -0.3 is 20.5 Å². The van der Waals surface area contributed by atoms with Gasteiger partial charge >= 0.3 is 6.03 Å². The first-order valence-electron chi connectivity index (χ1n) is 8.61. The van der Waals surface area contributed by atoms with Crippen LogP contribution in [0.2, 0.25) is 0 Å². The van der Waals surface area contributed by atoms with E-state index in [1.807, 2.05) is 54.7 Å². The molecule has 0 bridgehead atoms. The van der Waals surface area contributed by atoms with E-state index in [0.29, 0.717) is 17.9 Å². The van der Waals surface area contributed by atoms with Gasteiger partial charge in [-0.2, -0.15) is 5.10 Å². The summed E-state index contributed by atoms with van der Waals surface area (Å²) in [7, 11) is 1.59. The summed E-state index contributed by atoms with van der Waals surface area (Å²) in [6.45, 7) is -0.0401. The number of hydrogen-bond donors (Lipinski definition) is 4. The molecule has 3 rings (SSSR count). The highest BCUT2D eigenvalue weighted by molar-refractivity contribution is 5.89. The average Bonchev–Trinajstić information content (AvgIpc) is 3.23. The maximum atomic E-state index is 12.4. The van der Waals surface area contributed by atoms with Crippen LogP contribution in [-0.2, 0) is 0 Å². The second-order valence-corrected chi connectivity index (χ2v) is 6.00. The van der Waals surface area contributed by atoms with Crippen LogP contribution in [0.25, 0.3) is 11.1 Å². The molecule has 0 aliphatic carbocycles. The minimum atomic E-state index is -0.340. The number of urea groups is 1. The van der Waals surface area contributed by atoms with E-state index in [-0.39, 0.29) is 18.7 Å². The van der Waals surface area contributed by atoms with Gasteiger partial charge in [0.05, 0.1) is 19.3 Å². The molecular formula is C20H22N4O3. The molecule has 7 nitrogen and oxygen atoms in total. The normalized spacial score (nSPS) is 11.6. The molecule has 0 saturated heterocycles. The molecule has 1 atom stereocenters. The summed E-state index contributed by atoms with van der Waals surface area (Å²) in [5.41, 5.74) is 3.53. The number of carbonyl (C=O) groups is 1. The Hall–Kier alpha value is -3.32. The van der Waals surface area contributed by atoms with Crippen molar-refractivity contribution in [3.8, 4) is 16.9 Å². The molecule has 0 aliphatic heterocycles. The molecule has 0 spiro atoms. The van der Waals surface area contributed by atoms with Gasteiger partial charge in [0.25, 0.3) is 0 Å². The summed E-state index contributed by atoms with van der Waals surface area (Å²) in [6.07, 6.45) is 3.95. The maximum Gasteiger partial charge on any atom is 0.319 e. The fourth-order valence-electron chi connectivity index (χ4n) is 2.79. The third-order valence-electron chi connectivity index (χ3n) is 4.19. The number of aromatic nitrogens is 2. The SMILES string of the molecule is COc1cccc(C(CCO)NC(=O)Nc2ccc(-c3cn[nH]c3)cc2)c1. The molecule has 7 heteroatoms. The lowest BCUT2D eigenvalue weighted by atomic mass is 10.0. The number of amides is 2. The zero-order valence-corrected chi connectivity index (χ0v) is 15.0. The summed E-state index contributed by atoms with van der Waals surface area (Å²) in [5.74, 6) is 0.701. The van der Waals surface area contributed by atoms with Crippen LogP contribution in [0.15, 0.2) is 60.9 Å². The second-order valence-electron chi connectivity index (χ2n) is 6.00. The molecule has 140 valence electrons. The summed E-state index contributed by atoms with van der Waals surface area (Å²) >= 11 is 0. The van der Waals surface area contributed by atoms with E-state index in [4.69, 9.17) is 4.74 Å². The Labute approximate surface area is 157 Å². The molecule has 0 saturated carbocycles. The quantitative estimate of drug-likeness (QED) is 0.515. The number of aliphatic hydroxyl groups is 1. The van der Waals surface area contributed by atoms with Crippen LogP contribution >= 0.6 is 0 Å². The van der Waals surface area contributed by atoms with Crippen LogP contribution in [0.1, 0.15) is 18.0 Å². The largest absolute Gasteiger partial charge is 0.497 e. The van der Waals surface area contributed by atoms with Crippen LogP contribution < -0.4 is 15.4 Å². The fraction of sp³-hybridized carbons (Fsp3) is 0.200. The molecule has 3 aromatic rings. The number of benzene rings is 2. The van der Waals surface area contributed by atoms with Crippen LogP contribution in [-0.4, -0.2) is 35.1 Å². The average molecular weight is 366 g/mol. The van der Waals surface area contributed by atoms with Crippen molar-refractivity contribution >= 4 is 11.7 Å². The van der Waals surface area contributed by atoms with Gasteiger partial charge in [0, 0.05) is 24.1 Å². The molecule has 0 aliphatic rings. The van der Waals surface area contributed by atoms with E-state index in [0.717, 1.165) is 16.7 Å². The molecule has 2 amide bonds. The zero-order valence-electron chi connectivity index (χ0n) is 15.0. The van der Waals surface area contributed by atoms with Gasteiger partial charge in [-0.3, -0.25) is 5.10 Å². The van der Waals surface area contributed by atoms with Crippen LogP contribution in [0.5, 0.6) is 5.75 Å². The maximum absolute atomic E-state index is 12.4. The van der Waals surface area contributed by atoms with Crippen LogP contribution in [0.3, 0.4) is 0 Å². The number of H-pyrrole nitrogens is 1. The highest BCUT2D eigenvalue weighted by Crippen LogP contribution is 2.23. The molecule has 0 radical (unpaired) electrons. The minimum Gasteiger partial charge on any atom is -0.497 e. The van der Waals surface area contributed by atoms with Gasteiger partial charge in [-0.15, -0.1) is 0 Å². The molecule has 0 fully saturated rings. The highest BCUT2D eigenvalue weighted by atomic mass is 16.5. The van der Waals surface area contributed by atoms with Crippen molar-refractivity contribution in [3.63, 3.8) is 0 Å². The summed E-state index contributed by atoms with van der Waals surface area (Å²) in [6, 6.07) is 14.2. The van der Waals surface area contributed by atoms with E-state index in [1.54, 1.807) is 13.3 Å². The summed E-state index contributed by atoms with van der Waals surface area (Å²) in [5, 5.41) is 21.7. The first-order chi connectivity index (χ1) is 13.2. The molecule has 1 aromatic heterocycles. The molecule has 1 heterocycles. The van der Waals surface area contributed by atoms with Gasteiger partial charge in [0.1, 0.15) is 5.75 Å². The van der Waals surface area contributed by atoms with Crippen molar-refractivity contribution in [2.45, 2.75) is 12.5 Å². The Kier molecular flexibility index (Phi) is 6.06. The Morgan fingerprint density at radius 1 is 1.22 bits per heavy atom. The van der Waals surface area contributed by atoms with Crippen molar-refractivity contribution in [1.29, 1.82) is 0 Å². The van der Waals surface area contributed by atoms with Crippen molar-refractivity contribution in [3.05, 3.63) is 66.5 Å². The third kappa shape index (κ3) is 4.86. The molecule has 2 aromatic carbocycles. The van der Waals surface area contributed by atoms with Crippen molar-refractivity contribution in [1.82, 2.24) is 15.5 Å². The number of anilines is 1. The number of nitrogens with one attached hydrogen (secondary N) is 3. The van der Waals surface area contributed by atoms with Crippen molar-refractivity contribution in [2.24, 2.45) is 0 Å². The summed E-state index contributed by atoms with van der Waals surface area (Å²) in [4.78, 5) is 12.4. The van der Waals surface area contributed by atoms with E-state index >= 15 is 0 Å². The predicted octanol–water partition coefficient (Wildman–Crippen LogP) is 3.33. The lowest BCUT2D eigenvalue weighted by Crippen LogP contribution is -2.33. The first kappa shape index (κ1) is 18.5. The number of methoxy groups -OCH3 is 1. The van der Waals surface area contributed by atoms with Gasteiger partial charge in [-0.25, -0.2) is 4.79 Å². The number of aromatic amines is 1. The Bertz CT molecular complexity index is 863.